The Morgan fingerprint density at radius 3 is 2.00 bits per heavy atom. The number of benzene rings is 2. The average molecular weight is 394 g/mol. The van der Waals surface area contributed by atoms with Gasteiger partial charge in [-0.15, -0.1) is 0 Å². The van der Waals surface area contributed by atoms with Crippen LogP contribution in [-0.4, -0.2) is 54.1 Å². The summed E-state index contributed by atoms with van der Waals surface area (Å²) in [6, 6.07) is 9.13. The molecule has 1 amide bonds. The van der Waals surface area contributed by atoms with E-state index in [9.17, 15) is 13.2 Å². The molecule has 0 aromatic heterocycles. The van der Waals surface area contributed by atoms with Crippen LogP contribution in [0.3, 0.4) is 0 Å². The maximum atomic E-state index is 12.6. The fourth-order valence-electron chi connectivity index (χ4n) is 2.30. The molecule has 0 aliphatic rings. The second-order valence-electron chi connectivity index (χ2n) is 5.71. The molecular weight excluding hydrogens is 372 g/mol. The number of carbonyl (C=O) groups is 1. The zero-order valence-corrected chi connectivity index (χ0v) is 16.6. The van der Waals surface area contributed by atoms with Crippen LogP contribution in [0.5, 0.6) is 17.2 Å². The van der Waals surface area contributed by atoms with E-state index < -0.39 is 15.9 Å². The molecule has 2 aromatic carbocycles. The van der Waals surface area contributed by atoms with Crippen LogP contribution in [0.25, 0.3) is 0 Å². The summed E-state index contributed by atoms with van der Waals surface area (Å²) in [4.78, 5) is 12.5. The van der Waals surface area contributed by atoms with Gasteiger partial charge < -0.3 is 19.5 Å². The lowest BCUT2D eigenvalue weighted by molar-refractivity contribution is 0.102. The first-order chi connectivity index (χ1) is 12.7. The molecule has 0 spiro atoms. The van der Waals surface area contributed by atoms with Crippen LogP contribution in [0, 0.1) is 0 Å². The Hall–Kier alpha value is -2.78. The molecule has 0 unspecified atom stereocenters. The molecule has 0 aliphatic carbocycles. The molecule has 146 valence electrons. The van der Waals surface area contributed by atoms with E-state index in [1.165, 1.54) is 53.6 Å². The lowest BCUT2D eigenvalue weighted by Crippen LogP contribution is -2.23. The second kappa shape index (κ2) is 8.28. The molecule has 0 bridgehead atoms. The number of anilines is 1. The van der Waals surface area contributed by atoms with Crippen LogP contribution in [0.1, 0.15) is 10.4 Å². The van der Waals surface area contributed by atoms with Crippen molar-refractivity contribution >= 4 is 21.6 Å². The van der Waals surface area contributed by atoms with Gasteiger partial charge in [0, 0.05) is 43.5 Å². The van der Waals surface area contributed by atoms with Gasteiger partial charge in [-0.3, -0.25) is 4.79 Å². The van der Waals surface area contributed by atoms with Gasteiger partial charge in [0.1, 0.15) is 22.1 Å². The van der Waals surface area contributed by atoms with Gasteiger partial charge in [-0.1, -0.05) is 0 Å². The summed E-state index contributed by atoms with van der Waals surface area (Å²) in [7, 11) is 3.40. The van der Waals surface area contributed by atoms with Crippen molar-refractivity contribution in [2.24, 2.45) is 0 Å². The molecule has 0 fully saturated rings. The number of amides is 1. The van der Waals surface area contributed by atoms with Gasteiger partial charge in [0.15, 0.2) is 0 Å². The smallest absolute Gasteiger partial charge is 0.255 e. The maximum absolute atomic E-state index is 12.6. The van der Waals surface area contributed by atoms with Crippen molar-refractivity contribution in [3.8, 4) is 17.2 Å². The zero-order valence-electron chi connectivity index (χ0n) is 15.8. The Labute approximate surface area is 158 Å². The van der Waals surface area contributed by atoms with Crippen LogP contribution in [0.2, 0.25) is 0 Å². The number of ether oxygens (including phenoxy) is 3. The lowest BCUT2D eigenvalue weighted by Gasteiger charge is -2.16. The number of nitrogens with zero attached hydrogens (tertiary/aromatic N) is 1. The van der Waals surface area contributed by atoms with E-state index in [2.05, 4.69) is 5.32 Å². The van der Waals surface area contributed by atoms with Gasteiger partial charge in [-0.05, 0) is 18.2 Å². The van der Waals surface area contributed by atoms with Gasteiger partial charge in [0.25, 0.3) is 5.91 Å². The minimum Gasteiger partial charge on any atom is -0.497 e. The third-order valence-electron chi connectivity index (χ3n) is 3.79. The van der Waals surface area contributed by atoms with Crippen LogP contribution in [0.15, 0.2) is 41.3 Å². The Morgan fingerprint density at radius 1 is 0.926 bits per heavy atom. The monoisotopic (exact) mass is 394 g/mol. The lowest BCUT2D eigenvalue weighted by atomic mass is 10.2. The number of carbonyl (C=O) groups excluding carboxylic acids is 1. The van der Waals surface area contributed by atoms with Crippen LogP contribution in [0.4, 0.5) is 5.69 Å². The van der Waals surface area contributed by atoms with Gasteiger partial charge in [-0.2, -0.15) is 0 Å². The average Bonchev–Trinajstić information content (AvgIpc) is 2.66. The van der Waals surface area contributed by atoms with Crippen LogP contribution < -0.4 is 19.5 Å². The Balaban J connectivity index is 2.40. The molecule has 9 heteroatoms. The highest BCUT2D eigenvalue weighted by atomic mass is 32.2. The molecular formula is C18H22N2O6S. The molecule has 0 radical (unpaired) electrons. The van der Waals surface area contributed by atoms with E-state index in [0.29, 0.717) is 17.2 Å². The molecule has 0 heterocycles. The minimum atomic E-state index is -3.78. The number of sulfonamides is 1. The number of hydrogen-bond donors (Lipinski definition) is 1. The molecule has 1 N–H and O–H groups in total. The highest BCUT2D eigenvalue weighted by molar-refractivity contribution is 7.89. The Kier molecular flexibility index (Phi) is 6.29. The number of methoxy groups -OCH3 is 3. The summed E-state index contributed by atoms with van der Waals surface area (Å²) >= 11 is 0. The fourth-order valence-corrected chi connectivity index (χ4v) is 3.37. The van der Waals surface area contributed by atoms with Crippen LogP contribution in [-0.2, 0) is 10.0 Å². The van der Waals surface area contributed by atoms with Crippen molar-refractivity contribution in [3.05, 3.63) is 42.0 Å². The van der Waals surface area contributed by atoms with Crippen molar-refractivity contribution in [2.75, 3.05) is 40.7 Å². The first-order valence-electron chi connectivity index (χ1n) is 7.88. The molecule has 0 saturated heterocycles. The van der Waals surface area contributed by atoms with Crippen molar-refractivity contribution < 1.29 is 27.4 Å². The van der Waals surface area contributed by atoms with Gasteiger partial charge in [0.2, 0.25) is 10.0 Å². The van der Waals surface area contributed by atoms with Gasteiger partial charge >= 0.3 is 0 Å². The van der Waals surface area contributed by atoms with Crippen molar-refractivity contribution in [1.82, 2.24) is 4.31 Å². The summed E-state index contributed by atoms with van der Waals surface area (Å²) in [6.07, 6.45) is 0. The Bertz CT molecular complexity index is 919. The SMILES string of the molecule is COc1cc(NC(=O)c2ccc(OC)c(S(=O)(=O)N(C)C)c2)cc(OC)c1. The maximum Gasteiger partial charge on any atom is 0.255 e. The van der Waals surface area contributed by atoms with E-state index in [4.69, 9.17) is 14.2 Å². The first kappa shape index (κ1) is 20.5. The summed E-state index contributed by atoms with van der Waals surface area (Å²) in [6.45, 7) is 0. The van der Waals surface area contributed by atoms with E-state index in [0.717, 1.165) is 4.31 Å². The van der Waals surface area contributed by atoms with Crippen molar-refractivity contribution in [1.29, 1.82) is 0 Å². The summed E-state index contributed by atoms with van der Waals surface area (Å²) < 4.78 is 41.5. The van der Waals surface area contributed by atoms with E-state index in [1.807, 2.05) is 0 Å². The van der Waals surface area contributed by atoms with Gasteiger partial charge in [0.05, 0.1) is 21.3 Å². The molecule has 0 atom stereocenters. The molecule has 0 aliphatic heterocycles. The van der Waals surface area contributed by atoms with Crippen LogP contribution >= 0.6 is 0 Å². The zero-order chi connectivity index (χ0) is 20.2. The number of nitrogens with one attached hydrogen (secondary N) is 1. The van der Waals surface area contributed by atoms with E-state index in [1.54, 1.807) is 18.2 Å². The highest BCUT2D eigenvalue weighted by Crippen LogP contribution is 2.29. The molecule has 2 aromatic rings. The quantitative estimate of drug-likeness (QED) is 0.774. The second-order valence-corrected chi connectivity index (χ2v) is 7.83. The molecule has 27 heavy (non-hydrogen) atoms. The largest absolute Gasteiger partial charge is 0.497 e. The summed E-state index contributed by atoms with van der Waals surface area (Å²) in [5.74, 6) is 0.692. The first-order valence-corrected chi connectivity index (χ1v) is 9.32. The van der Waals surface area contributed by atoms with Gasteiger partial charge in [-0.25, -0.2) is 12.7 Å². The normalized spacial score (nSPS) is 11.2. The molecule has 0 saturated carbocycles. The number of hydrogen-bond acceptors (Lipinski definition) is 6. The highest BCUT2D eigenvalue weighted by Gasteiger charge is 2.24. The third kappa shape index (κ3) is 4.50. The van der Waals surface area contributed by atoms with E-state index in [-0.39, 0.29) is 16.2 Å². The van der Waals surface area contributed by atoms with Crippen molar-refractivity contribution in [3.63, 3.8) is 0 Å². The molecule has 8 nitrogen and oxygen atoms in total. The van der Waals surface area contributed by atoms with Crippen molar-refractivity contribution in [2.45, 2.75) is 4.90 Å². The standard InChI is InChI=1S/C18H22N2O6S/c1-20(2)27(22,23)17-8-12(6-7-16(17)26-5)18(21)19-13-9-14(24-3)11-15(10-13)25-4/h6-11H,1-5H3,(H,19,21). The summed E-state index contributed by atoms with van der Waals surface area (Å²) in [5.41, 5.74) is 0.613. The topological polar surface area (TPSA) is 94.2 Å². The van der Waals surface area contributed by atoms with E-state index >= 15 is 0 Å². The third-order valence-corrected chi connectivity index (χ3v) is 5.63. The predicted octanol–water partition coefficient (Wildman–Crippen LogP) is 2.21. The Morgan fingerprint density at radius 2 is 1.52 bits per heavy atom. The molecule has 2 rings (SSSR count). The fraction of sp³-hybridized carbons (Fsp3) is 0.278. The predicted molar refractivity (Wildman–Crippen MR) is 101 cm³/mol. The number of rotatable bonds is 7. The minimum absolute atomic E-state index is 0.0918. The summed E-state index contributed by atoms with van der Waals surface area (Å²) in [5, 5.41) is 2.70.